The number of aromatic nitrogens is 6. The van der Waals surface area contributed by atoms with Crippen LogP contribution in [0.15, 0.2) is 55.0 Å². The van der Waals surface area contributed by atoms with Gasteiger partial charge in [-0.05, 0) is 114 Å². The minimum atomic E-state index is -4.63. The van der Waals surface area contributed by atoms with Crippen LogP contribution in [0, 0.1) is 6.92 Å². The molecule has 0 aliphatic carbocycles. The number of carbonyl (C=O) groups is 1. The number of aliphatic hydroxyl groups is 1. The fourth-order valence-electron chi connectivity index (χ4n) is 8.08. The van der Waals surface area contributed by atoms with Crippen molar-refractivity contribution in [2.45, 2.75) is 117 Å². The highest BCUT2D eigenvalue weighted by Crippen LogP contribution is 2.34. The van der Waals surface area contributed by atoms with Gasteiger partial charge in [0.15, 0.2) is 5.65 Å². The Morgan fingerprint density at radius 1 is 0.887 bits per heavy atom. The zero-order valence-electron chi connectivity index (χ0n) is 41.9. The third-order valence-electron chi connectivity index (χ3n) is 11.7. The van der Waals surface area contributed by atoms with Crippen molar-refractivity contribution in [1.82, 2.24) is 34.9 Å². The Labute approximate surface area is 414 Å². The number of piperidine rings is 1. The molecule has 20 heteroatoms. The largest absolute Gasteiger partial charge is 0.475 e. The van der Waals surface area contributed by atoms with Crippen LogP contribution in [0.5, 0.6) is 5.88 Å². The van der Waals surface area contributed by atoms with Crippen LogP contribution in [-0.4, -0.2) is 125 Å². The lowest BCUT2D eigenvalue weighted by Crippen LogP contribution is -2.40. The molecule has 17 nitrogen and oxygen atoms in total. The Balaban J connectivity index is 0.813. The highest BCUT2D eigenvalue weighted by molar-refractivity contribution is 5.69. The number of alkyl carbamates (subject to hydrolysis) is 1. The number of rotatable bonds is 27. The Morgan fingerprint density at radius 3 is 2.25 bits per heavy atom. The number of nitrogens with zero attached hydrogens (tertiary/aromatic N) is 7. The second-order valence-electron chi connectivity index (χ2n) is 18.4. The van der Waals surface area contributed by atoms with Gasteiger partial charge in [-0.3, -0.25) is 4.98 Å². The van der Waals surface area contributed by atoms with Gasteiger partial charge in [-0.2, -0.15) is 22.8 Å². The molecule has 1 saturated heterocycles. The summed E-state index contributed by atoms with van der Waals surface area (Å²) in [5.41, 5.74) is 3.67. The number of halogens is 3. The first kappa shape index (κ1) is 54.7. The summed E-state index contributed by atoms with van der Waals surface area (Å²) >= 11 is 0. The summed E-state index contributed by atoms with van der Waals surface area (Å²) in [6.07, 6.45) is 5.53. The Kier molecular flexibility index (Phi) is 20.5. The lowest BCUT2D eigenvalue weighted by molar-refractivity contribution is -0.141. The van der Waals surface area contributed by atoms with Crippen molar-refractivity contribution < 1.29 is 51.5 Å². The minimum absolute atomic E-state index is 0.155. The molecule has 1 aliphatic rings. The zero-order chi connectivity index (χ0) is 50.8. The summed E-state index contributed by atoms with van der Waals surface area (Å²) in [5.74, 6) is 2.24. The summed E-state index contributed by atoms with van der Waals surface area (Å²) in [7, 11) is 0. The normalized spacial score (nSPS) is 14.7. The number of amides is 1. The molecule has 3 N–H and O–H groups in total. The second-order valence-corrected chi connectivity index (χ2v) is 18.4. The smallest absolute Gasteiger partial charge is 0.433 e. The molecule has 0 radical (unpaired) electrons. The van der Waals surface area contributed by atoms with Crippen LogP contribution < -0.4 is 20.3 Å². The maximum atomic E-state index is 13.9. The highest BCUT2D eigenvalue weighted by Gasteiger charge is 2.33. The summed E-state index contributed by atoms with van der Waals surface area (Å²) in [6.45, 7) is 15.8. The first-order valence-electron chi connectivity index (χ1n) is 24.5. The van der Waals surface area contributed by atoms with Gasteiger partial charge in [0.2, 0.25) is 5.88 Å². The van der Waals surface area contributed by atoms with Gasteiger partial charge < -0.3 is 49.1 Å². The number of pyridine rings is 3. The van der Waals surface area contributed by atoms with E-state index in [1.54, 1.807) is 52.9 Å². The molecule has 6 heterocycles. The number of aliphatic hydroxyl groups excluding tert-OH is 1. The molecule has 1 amide bonds. The maximum Gasteiger partial charge on any atom is 0.433 e. The third-order valence-corrected chi connectivity index (χ3v) is 11.7. The molecule has 1 aliphatic heterocycles. The van der Waals surface area contributed by atoms with Gasteiger partial charge in [-0.1, -0.05) is 13.0 Å². The number of nitrogens with one attached hydrogen (secondary N) is 2. The molecule has 0 bridgehead atoms. The van der Waals surface area contributed by atoms with Crippen molar-refractivity contribution in [3.63, 3.8) is 0 Å². The fraction of sp³-hybridized carbons (Fsp3) is 0.569. The quantitative estimate of drug-likeness (QED) is 0.0425. The van der Waals surface area contributed by atoms with E-state index < -0.39 is 29.6 Å². The molecule has 5 aromatic rings. The molecule has 71 heavy (non-hydrogen) atoms. The Hall–Kier alpha value is -5.67. The van der Waals surface area contributed by atoms with Crippen LogP contribution >= 0.6 is 0 Å². The van der Waals surface area contributed by atoms with Crippen molar-refractivity contribution in [1.29, 1.82) is 0 Å². The number of ether oxygens (including phenoxy) is 6. The van der Waals surface area contributed by atoms with E-state index in [1.807, 2.05) is 28.9 Å². The van der Waals surface area contributed by atoms with Crippen LogP contribution in [0.1, 0.15) is 107 Å². The molecule has 0 aromatic carbocycles. The first-order valence-corrected chi connectivity index (χ1v) is 24.5. The average Bonchev–Trinajstić information content (AvgIpc) is 3.76. The van der Waals surface area contributed by atoms with E-state index in [1.165, 1.54) is 6.20 Å². The summed E-state index contributed by atoms with van der Waals surface area (Å²) < 4.78 is 77.1. The van der Waals surface area contributed by atoms with Crippen molar-refractivity contribution in [3.8, 4) is 17.0 Å². The average molecular weight is 994 g/mol. The molecule has 2 atom stereocenters. The van der Waals surface area contributed by atoms with Gasteiger partial charge in [-0.15, -0.1) is 0 Å². The van der Waals surface area contributed by atoms with Crippen LogP contribution in [0.25, 0.3) is 16.8 Å². The van der Waals surface area contributed by atoms with Crippen molar-refractivity contribution in [2.24, 2.45) is 0 Å². The van der Waals surface area contributed by atoms with E-state index in [-0.39, 0.29) is 19.1 Å². The van der Waals surface area contributed by atoms with Gasteiger partial charge >= 0.3 is 12.3 Å². The molecule has 388 valence electrons. The number of anilines is 2. The van der Waals surface area contributed by atoms with E-state index in [4.69, 9.17) is 33.4 Å². The maximum absolute atomic E-state index is 13.9. The Bertz CT molecular complexity index is 2430. The highest BCUT2D eigenvalue weighted by atomic mass is 19.4. The van der Waals surface area contributed by atoms with Crippen LogP contribution in [0.4, 0.5) is 29.6 Å². The van der Waals surface area contributed by atoms with Crippen LogP contribution in [0.2, 0.25) is 0 Å². The SMILES string of the molecule is CCc1cnn2c(NCc3ccc(OCCOCCOCCOCCOCCCc4cc(-c5cnc([C@H](C)NC(=O)OC(C)(C)C)cc5C)cc(C(F)(F)F)n4)nc3)cc(N3CCCC[C@H]3CCO)nc12. The summed E-state index contributed by atoms with van der Waals surface area (Å²) in [6, 6.07) is 10.0. The summed E-state index contributed by atoms with van der Waals surface area (Å²) in [4.78, 5) is 32.4. The zero-order valence-corrected chi connectivity index (χ0v) is 41.9. The predicted molar refractivity (Wildman–Crippen MR) is 263 cm³/mol. The number of hydrogen-bond donors (Lipinski definition) is 3. The molecule has 0 unspecified atom stereocenters. The van der Waals surface area contributed by atoms with Gasteiger partial charge in [0, 0.05) is 73.7 Å². The lowest BCUT2D eigenvalue weighted by Gasteiger charge is -2.36. The molecule has 1 fully saturated rings. The number of hydrogen-bond acceptors (Lipinski definition) is 15. The van der Waals surface area contributed by atoms with Gasteiger partial charge in [0.1, 0.15) is 29.5 Å². The lowest BCUT2D eigenvalue weighted by atomic mass is 9.99. The van der Waals surface area contributed by atoms with Gasteiger partial charge in [0.05, 0.1) is 64.2 Å². The van der Waals surface area contributed by atoms with Crippen molar-refractivity contribution in [3.05, 3.63) is 88.8 Å². The fourth-order valence-corrected chi connectivity index (χ4v) is 8.08. The first-order chi connectivity index (χ1) is 34.1. The number of aryl methyl sites for hydroxylation is 3. The van der Waals surface area contributed by atoms with E-state index >= 15 is 0 Å². The second kappa shape index (κ2) is 26.7. The standard InChI is InChI=1S/C51H70F3N9O8/c1-7-38-33-58-63-45(30-46(61-48(38)63)62-16-9-8-12-41(62)15-17-64)56-31-37-13-14-47(57-32-37)70-26-25-69-24-23-68-22-21-67-20-19-66-18-10-11-40-28-39(29-44(60-40)51(52,53)54)42-34-55-43(27-35(42)2)36(3)59-49(65)71-50(4,5)6/h13-14,27-30,32-34,36,41,56,64H,7-12,15-26,31H2,1-6H3,(H,59,65)/t36-,41-/m0/s1. The molecule has 6 rings (SSSR count). The van der Waals surface area contributed by atoms with E-state index in [0.717, 1.165) is 73.1 Å². The Morgan fingerprint density at radius 2 is 1.61 bits per heavy atom. The van der Waals surface area contributed by atoms with Gasteiger partial charge in [0.25, 0.3) is 0 Å². The van der Waals surface area contributed by atoms with E-state index in [9.17, 15) is 23.1 Å². The third kappa shape index (κ3) is 17.0. The predicted octanol–water partition coefficient (Wildman–Crippen LogP) is 8.49. The monoisotopic (exact) mass is 994 g/mol. The number of carbonyl (C=O) groups excluding carboxylic acids is 1. The van der Waals surface area contributed by atoms with Gasteiger partial charge in [-0.25, -0.2) is 19.7 Å². The minimum Gasteiger partial charge on any atom is -0.475 e. The van der Waals surface area contributed by atoms with Crippen molar-refractivity contribution >= 4 is 23.4 Å². The topological polar surface area (TPSA) is 189 Å². The molecular formula is C51H70F3N9O8. The molecule has 5 aromatic heterocycles. The van der Waals surface area contributed by atoms with E-state index in [0.29, 0.717) is 106 Å². The number of fused-ring (bicyclic) bond motifs is 1. The molecule has 0 saturated carbocycles. The van der Waals surface area contributed by atoms with E-state index in [2.05, 4.69) is 42.5 Å². The molecular weight excluding hydrogens is 924 g/mol. The summed E-state index contributed by atoms with van der Waals surface area (Å²) in [5, 5.41) is 20.6. The number of alkyl halides is 3. The van der Waals surface area contributed by atoms with Crippen LogP contribution in [-0.2, 0) is 49.2 Å². The van der Waals surface area contributed by atoms with Crippen molar-refractivity contribution in [2.75, 3.05) is 82.8 Å². The van der Waals surface area contributed by atoms with Crippen LogP contribution in [0.3, 0.4) is 0 Å². The molecule has 0 spiro atoms.